The molecule has 1 unspecified atom stereocenters. The Kier molecular flexibility index (Phi) is 6.51. The van der Waals surface area contributed by atoms with Crippen LogP contribution in [0.2, 0.25) is 0 Å². The molecular formula is C21H23N3O2. The largest absolute Gasteiger partial charge is 0.352 e. The minimum atomic E-state index is -0.0979. The van der Waals surface area contributed by atoms with Crippen molar-refractivity contribution in [1.82, 2.24) is 10.2 Å². The SMILES string of the molecule is CCN(C(=O)c1ccc(CNC(C)=O)cc1)C(C)c1ccc(C#N)cc1. The minimum Gasteiger partial charge on any atom is -0.352 e. The van der Waals surface area contributed by atoms with Gasteiger partial charge in [-0.1, -0.05) is 24.3 Å². The number of hydrogen-bond donors (Lipinski definition) is 1. The summed E-state index contributed by atoms with van der Waals surface area (Å²) in [6.45, 7) is 6.43. The summed E-state index contributed by atoms with van der Waals surface area (Å²) in [6.07, 6.45) is 0. The predicted molar refractivity (Wildman–Crippen MR) is 100 cm³/mol. The molecule has 5 heteroatoms. The highest BCUT2D eigenvalue weighted by molar-refractivity contribution is 5.94. The summed E-state index contributed by atoms with van der Waals surface area (Å²) in [6, 6.07) is 16.6. The van der Waals surface area contributed by atoms with Gasteiger partial charge in [0.1, 0.15) is 0 Å². The van der Waals surface area contributed by atoms with Gasteiger partial charge in [-0.25, -0.2) is 0 Å². The molecule has 2 amide bonds. The van der Waals surface area contributed by atoms with E-state index in [0.717, 1.165) is 11.1 Å². The first-order chi connectivity index (χ1) is 12.5. The Bertz CT molecular complexity index is 805. The third-order valence-electron chi connectivity index (χ3n) is 4.33. The first-order valence-corrected chi connectivity index (χ1v) is 8.60. The van der Waals surface area contributed by atoms with E-state index in [2.05, 4.69) is 11.4 Å². The van der Waals surface area contributed by atoms with E-state index in [1.165, 1.54) is 6.92 Å². The molecule has 0 aromatic heterocycles. The Morgan fingerprint density at radius 3 is 2.23 bits per heavy atom. The van der Waals surface area contributed by atoms with E-state index >= 15 is 0 Å². The lowest BCUT2D eigenvalue weighted by molar-refractivity contribution is -0.119. The number of rotatable bonds is 6. The molecule has 26 heavy (non-hydrogen) atoms. The van der Waals surface area contributed by atoms with Crippen molar-refractivity contribution in [2.24, 2.45) is 0 Å². The first-order valence-electron chi connectivity index (χ1n) is 8.60. The van der Waals surface area contributed by atoms with Crippen LogP contribution in [0.4, 0.5) is 0 Å². The number of carbonyl (C=O) groups is 2. The van der Waals surface area contributed by atoms with Crippen molar-refractivity contribution in [1.29, 1.82) is 5.26 Å². The highest BCUT2D eigenvalue weighted by Crippen LogP contribution is 2.22. The van der Waals surface area contributed by atoms with Gasteiger partial charge in [-0.3, -0.25) is 9.59 Å². The Morgan fingerprint density at radius 1 is 1.12 bits per heavy atom. The average Bonchev–Trinajstić information content (AvgIpc) is 2.67. The van der Waals surface area contributed by atoms with E-state index in [1.807, 2.05) is 38.1 Å². The van der Waals surface area contributed by atoms with Gasteiger partial charge in [-0.05, 0) is 49.2 Å². The number of nitriles is 1. The highest BCUT2D eigenvalue weighted by Gasteiger charge is 2.21. The van der Waals surface area contributed by atoms with Crippen molar-refractivity contribution >= 4 is 11.8 Å². The normalized spacial score (nSPS) is 11.3. The lowest BCUT2D eigenvalue weighted by Gasteiger charge is -2.28. The van der Waals surface area contributed by atoms with Gasteiger partial charge in [0.25, 0.3) is 5.91 Å². The van der Waals surface area contributed by atoms with Crippen LogP contribution in [0.15, 0.2) is 48.5 Å². The van der Waals surface area contributed by atoms with Gasteiger partial charge in [-0.2, -0.15) is 5.26 Å². The number of hydrogen-bond acceptors (Lipinski definition) is 3. The third kappa shape index (κ3) is 4.70. The number of benzene rings is 2. The number of nitrogens with one attached hydrogen (secondary N) is 1. The van der Waals surface area contributed by atoms with Crippen LogP contribution in [0.25, 0.3) is 0 Å². The van der Waals surface area contributed by atoms with Gasteiger partial charge in [0.15, 0.2) is 0 Å². The average molecular weight is 349 g/mol. The molecule has 0 radical (unpaired) electrons. The molecule has 1 N–H and O–H groups in total. The molecule has 2 aromatic rings. The quantitative estimate of drug-likeness (QED) is 0.868. The van der Waals surface area contributed by atoms with Crippen LogP contribution in [0.5, 0.6) is 0 Å². The summed E-state index contributed by atoms with van der Waals surface area (Å²) >= 11 is 0. The molecule has 0 spiro atoms. The summed E-state index contributed by atoms with van der Waals surface area (Å²) in [5, 5.41) is 11.6. The highest BCUT2D eigenvalue weighted by atomic mass is 16.2. The summed E-state index contributed by atoms with van der Waals surface area (Å²) in [7, 11) is 0. The molecule has 0 saturated carbocycles. The molecule has 2 rings (SSSR count). The molecule has 0 aliphatic rings. The van der Waals surface area contributed by atoms with Gasteiger partial charge in [0.2, 0.25) is 5.91 Å². The number of amides is 2. The van der Waals surface area contributed by atoms with Crippen molar-refractivity contribution in [3.8, 4) is 6.07 Å². The lowest BCUT2D eigenvalue weighted by Crippen LogP contribution is -2.33. The van der Waals surface area contributed by atoms with Crippen LogP contribution in [0, 0.1) is 11.3 Å². The van der Waals surface area contributed by atoms with E-state index in [0.29, 0.717) is 24.2 Å². The summed E-state index contributed by atoms with van der Waals surface area (Å²) in [4.78, 5) is 25.7. The van der Waals surface area contributed by atoms with Crippen LogP contribution in [0.1, 0.15) is 53.9 Å². The van der Waals surface area contributed by atoms with Crippen LogP contribution in [-0.4, -0.2) is 23.3 Å². The minimum absolute atomic E-state index is 0.0459. The smallest absolute Gasteiger partial charge is 0.254 e. The van der Waals surface area contributed by atoms with Crippen molar-refractivity contribution in [3.05, 3.63) is 70.8 Å². The summed E-state index contributed by atoms with van der Waals surface area (Å²) in [5.74, 6) is -0.131. The zero-order valence-corrected chi connectivity index (χ0v) is 15.3. The zero-order chi connectivity index (χ0) is 19.1. The van der Waals surface area contributed by atoms with E-state index in [1.54, 1.807) is 29.2 Å². The second-order valence-corrected chi connectivity index (χ2v) is 6.11. The second kappa shape index (κ2) is 8.82. The van der Waals surface area contributed by atoms with Crippen LogP contribution < -0.4 is 5.32 Å². The molecule has 0 saturated heterocycles. The fourth-order valence-corrected chi connectivity index (χ4v) is 2.77. The summed E-state index contributed by atoms with van der Waals surface area (Å²) in [5.41, 5.74) is 3.14. The molecule has 0 heterocycles. The Labute approximate surface area is 154 Å². The van der Waals surface area contributed by atoms with Gasteiger partial charge >= 0.3 is 0 Å². The molecule has 0 aliphatic heterocycles. The van der Waals surface area contributed by atoms with E-state index in [-0.39, 0.29) is 17.9 Å². The molecule has 134 valence electrons. The Balaban J connectivity index is 2.14. The van der Waals surface area contributed by atoms with Crippen LogP contribution in [0.3, 0.4) is 0 Å². The summed E-state index contributed by atoms with van der Waals surface area (Å²) < 4.78 is 0. The molecule has 2 aromatic carbocycles. The maximum atomic E-state index is 12.9. The molecule has 5 nitrogen and oxygen atoms in total. The van der Waals surface area contributed by atoms with Gasteiger partial charge in [0.05, 0.1) is 17.7 Å². The van der Waals surface area contributed by atoms with Gasteiger partial charge < -0.3 is 10.2 Å². The van der Waals surface area contributed by atoms with Crippen molar-refractivity contribution in [2.45, 2.75) is 33.4 Å². The molecule has 0 aliphatic carbocycles. The van der Waals surface area contributed by atoms with Crippen LogP contribution >= 0.6 is 0 Å². The molecule has 0 fully saturated rings. The van der Waals surface area contributed by atoms with Gasteiger partial charge in [-0.15, -0.1) is 0 Å². The van der Waals surface area contributed by atoms with Crippen molar-refractivity contribution in [2.75, 3.05) is 6.54 Å². The fourth-order valence-electron chi connectivity index (χ4n) is 2.77. The van der Waals surface area contributed by atoms with Crippen molar-refractivity contribution in [3.63, 3.8) is 0 Å². The Morgan fingerprint density at radius 2 is 1.73 bits per heavy atom. The fraction of sp³-hybridized carbons (Fsp3) is 0.286. The third-order valence-corrected chi connectivity index (χ3v) is 4.33. The second-order valence-electron chi connectivity index (χ2n) is 6.11. The monoisotopic (exact) mass is 349 g/mol. The first kappa shape index (κ1) is 19.2. The molecular weight excluding hydrogens is 326 g/mol. The lowest BCUT2D eigenvalue weighted by atomic mass is 10.0. The van der Waals surface area contributed by atoms with E-state index in [9.17, 15) is 9.59 Å². The zero-order valence-electron chi connectivity index (χ0n) is 15.3. The van der Waals surface area contributed by atoms with Gasteiger partial charge in [0, 0.05) is 25.6 Å². The van der Waals surface area contributed by atoms with Crippen LogP contribution in [-0.2, 0) is 11.3 Å². The van der Waals surface area contributed by atoms with Crippen molar-refractivity contribution < 1.29 is 9.59 Å². The maximum Gasteiger partial charge on any atom is 0.254 e. The predicted octanol–water partition coefficient (Wildman–Crippen LogP) is 3.42. The number of carbonyl (C=O) groups excluding carboxylic acids is 2. The van der Waals surface area contributed by atoms with E-state index in [4.69, 9.17) is 5.26 Å². The molecule has 0 bridgehead atoms. The standard InChI is InChI=1S/C21H23N3O2/c1-4-24(15(2)19-9-5-17(13-22)6-10-19)21(26)20-11-7-18(8-12-20)14-23-16(3)25/h5-12,15H,4,14H2,1-3H3,(H,23,25). The Hall–Kier alpha value is -3.13. The molecule has 1 atom stereocenters. The maximum absolute atomic E-state index is 12.9. The van der Waals surface area contributed by atoms with E-state index < -0.39 is 0 Å². The number of nitrogens with zero attached hydrogens (tertiary/aromatic N) is 2. The topological polar surface area (TPSA) is 73.2 Å².